The number of aliphatic carboxylic acids is 1. The van der Waals surface area contributed by atoms with Crippen molar-refractivity contribution in [2.24, 2.45) is 11.3 Å². The van der Waals surface area contributed by atoms with Gasteiger partial charge in [0, 0.05) is 23.1 Å². The third-order valence-electron chi connectivity index (χ3n) is 5.01. The highest BCUT2D eigenvalue weighted by Crippen LogP contribution is 2.49. The summed E-state index contributed by atoms with van der Waals surface area (Å²) >= 11 is 3.39. The predicted octanol–water partition coefficient (Wildman–Crippen LogP) is 3.08. The first-order chi connectivity index (χ1) is 9.94. The number of carboxylic acid groups (broad SMARTS) is 1. The van der Waals surface area contributed by atoms with Crippen LogP contribution >= 0.6 is 15.9 Å². The van der Waals surface area contributed by atoms with Gasteiger partial charge in [0.05, 0.1) is 5.41 Å². The van der Waals surface area contributed by atoms with Crippen LogP contribution in [0.1, 0.15) is 35.2 Å². The van der Waals surface area contributed by atoms with Crippen LogP contribution in [-0.2, 0) is 4.79 Å². The lowest BCUT2D eigenvalue weighted by molar-refractivity contribution is -0.149. The standard InChI is InChI=1S/C16H18BrNO3/c1-10-4-5-12(17)7-13(10)14(19)18-8-11-3-2-6-16(11,9-18)15(20)21/h4-5,7,11H,2-3,6,8-9H2,1H3,(H,20,21)/t11-,16+/m0/s1. The van der Waals surface area contributed by atoms with E-state index in [9.17, 15) is 14.7 Å². The molecule has 21 heavy (non-hydrogen) atoms. The number of nitrogens with zero attached hydrogens (tertiary/aromatic N) is 1. The predicted molar refractivity (Wildman–Crippen MR) is 82.2 cm³/mol. The highest BCUT2D eigenvalue weighted by Gasteiger charge is 2.55. The second kappa shape index (κ2) is 5.13. The number of aryl methyl sites for hydroxylation is 1. The Balaban J connectivity index is 1.88. The van der Waals surface area contributed by atoms with Crippen LogP contribution in [0.3, 0.4) is 0 Å². The SMILES string of the molecule is Cc1ccc(Br)cc1C(=O)N1C[C@@H]2CCC[C@@]2(C(=O)O)C1. The quantitative estimate of drug-likeness (QED) is 0.890. The summed E-state index contributed by atoms with van der Waals surface area (Å²) in [5.74, 6) is -0.693. The van der Waals surface area contributed by atoms with E-state index in [2.05, 4.69) is 15.9 Å². The topological polar surface area (TPSA) is 57.6 Å². The first kappa shape index (κ1) is 14.6. The zero-order valence-electron chi connectivity index (χ0n) is 11.9. The number of benzene rings is 1. The van der Waals surface area contributed by atoms with Gasteiger partial charge in [-0.15, -0.1) is 0 Å². The van der Waals surface area contributed by atoms with Crippen LogP contribution in [0.4, 0.5) is 0 Å². The Morgan fingerprint density at radius 2 is 2.19 bits per heavy atom. The van der Waals surface area contributed by atoms with Gasteiger partial charge in [-0.2, -0.15) is 0 Å². The van der Waals surface area contributed by atoms with Crippen LogP contribution in [0.2, 0.25) is 0 Å². The molecule has 5 heteroatoms. The molecule has 1 N–H and O–H groups in total. The molecule has 1 aromatic carbocycles. The molecule has 2 atom stereocenters. The van der Waals surface area contributed by atoms with Gasteiger partial charge in [-0.25, -0.2) is 0 Å². The molecular weight excluding hydrogens is 334 g/mol. The Hall–Kier alpha value is -1.36. The Morgan fingerprint density at radius 3 is 2.86 bits per heavy atom. The highest BCUT2D eigenvalue weighted by atomic mass is 79.9. The molecule has 1 aliphatic carbocycles. The van der Waals surface area contributed by atoms with E-state index in [0.29, 0.717) is 25.1 Å². The first-order valence-electron chi connectivity index (χ1n) is 7.23. The van der Waals surface area contributed by atoms with Crippen molar-refractivity contribution in [2.75, 3.05) is 13.1 Å². The third-order valence-corrected chi connectivity index (χ3v) is 5.51. The second-order valence-corrected chi connectivity index (χ2v) is 7.11. The number of amides is 1. The lowest BCUT2D eigenvalue weighted by atomic mass is 9.81. The normalized spacial score (nSPS) is 27.7. The minimum Gasteiger partial charge on any atom is -0.481 e. The number of likely N-dealkylation sites (tertiary alicyclic amines) is 1. The molecule has 1 aliphatic heterocycles. The van der Waals surface area contributed by atoms with Crippen LogP contribution in [0.25, 0.3) is 0 Å². The first-order valence-corrected chi connectivity index (χ1v) is 8.02. The number of hydrogen-bond acceptors (Lipinski definition) is 2. The number of carbonyl (C=O) groups is 2. The lowest BCUT2D eigenvalue weighted by Gasteiger charge is -2.23. The van der Waals surface area contributed by atoms with Crippen molar-refractivity contribution in [1.29, 1.82) is 0 Å². The second-order valence-electron chi connectivity index (χ2n) is 6.20. The number of fused-ring (bicyclic) bond motifs is 1. The summed E-state index contributed by atoms with van der Waals surface area (Å²) in [5.41, 5.74) is 0.866. The Morgan fingerprint density at radius 1 is 1.43 bits per heavy atom. The van der Waals surface area contributed by atoms with Crippen molar-refractivity contribution in [3.05, 3.63) is 33.8 Å². The van der Waals surface area contributed by atoms with Crippen molar-refractivity contribution >= 4 is 27.8 Å². The molecule has 1 amide bonds. The number of halogens is 1. The van der Waals surface area contributed by atoms with E-state index >= 15 is 0 Å². The van der Waals surface area contributed by atoms with Gasteiger partial charge in [0.25, 0.3) is 5.91 Å². The molecule has 112 valence electrons. The fourth-order valence-corrected chi connectivity index (χ4v) is 4.15. The van der Waals surface area contributed by atoms with Crippen molar-refractivity contribution in [3.8, 4) is 0 Å². The van der Waals surface area contributed by atoms with Gasteiger partial charge in [-0.1, -0.05) is 28.4 Å². The molecular formula is C16H18BrNO3. The van der Waals surface area contributed by atoms with E-state index in [-0.39, 0.29) is 11.8 Å². The summed E-state index contributed by atoms with van der Waals surface area (Å²) in [7, 11) is 0. The maximum absolute atomic E-state index is 12.7. The van der Waals surface area contributed by atoms with Gasteiger partial charge in [0.1, 0.15) is 0 Å². The maximum atomic E-state index is 12.7. The molecule has 3 rings (SSSR count). The molecule has 2 fully saturated rings. The van der Waals surface area contributed by atoms with Gasteiger partial charge >= 0.3 is 5.97 Å². The average Bonchev–Trinajstić information content (AvgIpc) is 2.98. The monoisotopic (exact) mass is 351 g/mol. The summed E-state index contributed by atoms with van der Waals surface area (Å²) in [5, 5.41) is 9.60. The van der Waals surface area contributed by atoms with Crippen LogP contribution < -0.4 is 0 Å². The molecule has 1 heterocycles. The molecule has 0 bridgehead atoms. The average molecular weight is 352 g/mol. The van der Waals surface area contributed by atoms with Crippen molar-refractivity contribution in [2.45, 2.75) is 26.2 Å². The van der Waals surface area contributed by atoms with E-state index < -0.39 is 11.4 Å². The number of carbonyl (C=O) groups excluding carboxylic acids is 1. The van der Waals surface area contributed by atoms with Gasteiger partial charge in [0.2, 0.25) is 0 Å². The van der Waals surface area contributed by atoms with Gasteiger partial charge in [-0.05, 0) is 43.4 Å². The minimum absolute atomic E-state index is 0.0520. The lowest BCUT2D eigenvalue weighted by Crippen LogP contribution is -2.37. The van der Waals surface area contributed by atoms with Crippen LogP contribution in [0, 0.1) is 18.3 Å². The van der Waals surface area contributed by atoms with Gasteiger partial charge in [-0.3, -0.25) is 9.59 Å². The summed E-state index contributed by atoms with van der Waals surface area (Å²) in [6.45, 7) is 2.82. The number of hydrogen-bond donors (Lipinski definition) is 1. The van der Waals surface area contributed by atoms with Crippen LogP contribution in [-0.4, -0.2) is 35.0 Å². The smallest absolute Gasteiger partial charge is 0.311 e. The summed E-state index contributed by atoms with van der Waals surface area (Å²) in [4.78, 5) is 26.1. The third kappa shape index (κ3) is 2.27. The maximum Gasteiger partial charge on any atom is 0.311 e. The molecule has 0 radical (unpaired) electrons. The molecule has 1 saturated carbocycles. The minimum atomic E-state index is -0.744. The fourth-order valence-electron chi connectivity index (χ4n) is 3.79. The Labute approximate surface area is 132 Å². The molecule has 0 unspecified atom stereocenters. The fraction of sp³-hybridized carbons (Fsp3) is 0.500. The Bertz CT molecular complexity index is 616. The van der Waals surface area contributed by atoms with E-state index in [1.165, 1.54) is 0 Å². The van der Waals surface area contributed by atoms with Crippen molar-refractivity contribution < 1.29 is 14.7 Å². The molecule has 1 aromatic rings. The molecule has 2 aliphatic rings. The Kier molecular flexibility index (Phi) is 3.56. The zero-order chi connectivity index (χ0) is 15.2. The van der Waals surface area contributed by atoms with Crippen LogP contribution in [0.15, 0.2) is 22.7 Å². The van der Waals surface area contributed by atoms with Crippen molar-refractivity contribution in [3.63, 3.8) is 0 Å². The van der Waals surface area contributed by atoms with E-state index in [1.54, 1.807) is 4.90 Å². The van der Waals surface area contributed by atoms with Gasteiger partial charge < -0.3 is 10.0 Å². The molecule has 4 nitrogen and oxygen atoms in total. The largest absolute Gasteiger partial charge is 0.481 e. The van der Waals surface area contributed by atoms with Gasteiger partial charge in [0.15, 0.2) is 0 Å². The summed E-state index contributed by atoms with van der Waals surface area (Å²) in [6, 6.07) is 5.63. The highest BCUT2D eigenvalue weighted by molar-refractivity contribution is 9.10. The molecule has 0 aromatic heterocycles. The number of rotatable bonds is 2. The number of carboxylic acids is 1. The van der Waals surface area contributed by atoms with E-state index in [0.717, 1.165) is 22.9 Å². The molecule has 0 spiro atoms. The van der Waals surface area contributed by atoms with E-state index in [1.807, 2.05) is 25.1 Å². The van der Waals surface area contributed by atoms with E-state index in [4.69, 9.17) is 0 Å². The summed E-state index contributed by atoms with van der Waals surface area (Å²) < 4.78 is 0.865. The summed E-state index contributed by atoms with van der Waals surface area (Å²) in [6.07, 6.45) is 2.55. The zero-order valence-corrected chi connectivity index (χ0v) is 13.5. The van der Waals surface area contributed by atoms with Crippen LogP contribution in [0.5, 0.6) is 0 Å². The molecule has 1 saturated heterocycles. The van der Waals surface area contributed by atoms with Crippen molar-refractivity contribution in [1.82, 2.24) is 4.90 Å².